The summed E-state index contributed by atoms with van der Waals surface area (Å²) in [5.74, 6) is 2.93. The molecule has 3 nitrogen and oxygen atoms in total. The van der Waals surface area contributed by atoms with Gasteiger partial charge in [-0.3, -0.25) is 4.98 Å². The first-order valence-electron chi connectivity index (χ1n) is 7.12. The lowest BCUT2D eigenvalue weighted by atomic mass is 9.88. The van der Waals surface area contributed by atoms with Crippen molar-refractivity contribution < 1.29 is 0 Å². The topological polar surface area (TPSA) is 42.1 Å². The molecule has 3 atom stereocenters. The first-order chi connectivity index (χ1) is 8.76. The molecule has 2 N–H and O–H groups in total. The number of hydrogen-bond donors (Lipinski definition) is 1. The minimum atomic E-state index is 0.524. The summed E-state index contributed by atoms with van der Waals surface area (Å²) >= 11 is 0. The van der Waals surface area contributed by atoms with Crippen LogP contribution in [0.4, 0.5) is 5.69 Å². The number of anilines is 1. The van der Waals surface area contributed by atoms with Gasteiger partial charge in [0, 0.05) is 20.1 Å². The highest BCUT2D eigenvalue weighted by molar-refractivity contribution is 5.43. The van der Waals surface area contributed by atoms with Crippen LogP contribution in [0.15, 0.2) is 18.3 Å². The van der Waals surface area contributed by atoms with Gasteiger partial charge in [0.2, 0.25) is 0 Å². The van der Waals surface area contributed by atoms with Crippen molar-refractivity contribution >= 4 is 5.69 Å². The molecule has 3 rings (SSSR count). The van der Waals surface area contributed by atoms with E-state index in [1.807, 2.05) is 12.3 Å². The summed E-state index contributed by atoms with van der Waals surface area (Å²) in [5.41, 5.74) is 7.76. The second kappa shape index (κ2) is 4.88. The van der Waals surface area contributed by atoms with E-state index in [2.05, 4.69) is 23.0 Å². The zero-order valence-corrected chi connectivity index (χ0v) is 11.2. The van der Waals surface area contributed by atoms with Crippen molar-refractivity contribution in [1.82, 2.24) is 4.98 Å². The van der Waals surface area contributed by atoms with Crippen molar-refractivity contribution in [3.8, 4) is 0 Å². The first-order valence-corrected chi connectivity index (χ1v) is 7.12. The highest BCUT2D eigenvalue weighted by atomic mass is 15.1. The molecule has 2 bridgehead atoms. The molecule has 0 spiro atoms. The lowest BCUT2D eigenvalue weighted by Crippen LogP contribution is -2.28. The largest absolute Gasteiger partial charge is 0.373 e. The molecule has 0 amide bonds. The molecule has 2 fully saturated rings. The molecule has 2 saturated carbocycles. The normalized spacial score (nSPS) is 29.8. The lowest BCUT2D eigenvalue weighted by molar-refractivity contribution is 0.337. The number of rotatable bonds is 4. The van der Waals surface area contributed by atoms with Crippen LogP contribution in [-0.2, 0) is 6.54 Å². The van der Waals surface area contributed by atoms with E-state index in [0.29, 0.717) is 6.54 Å². The average Bonchev–Trinajstić information content (AvgIpc) is 3.01. The SMILES string of the molecule is CN(CC1CC2CCC1C2)c1ccc(CN)nc1. The minimum absolute atomic E-state index is 0.524. The molecule has 2 aliphatic carbocycles. The van der Waals surface area contributed by atoms with Crippen molar-refractivity contribution in [2.24, 2.45) is 23.5 Å². The van der Waals surface area contributed by atoms with E-state index < -0.39 is 0 Å². The van der Waals surface area contributed by atoms with Crippen LogP contribution in [0.2, 0.25) is 0 Å². The Morgan fingerprint density at radius 2 is 2.22 bits per heavy atom. The van der Waals surface area contributed by atoms with Crippen LogP contribution in [-0.4, -0.2) is 18.6 Å². The van der Waals surface area contributed by atoms with Gasteiger partial charge >= 0.3 is 0 Å². The summed E-state index contributed by atoms with van der Waals surface area (Å²) < 4.78 is 0. The molecule has 0 aromatic carbocycles. The predicted molar refractivity (Wildman–Crippen MR) is 74.3 cm³/mol. The smallest absolute Gasteiger partial charge is 0.0550 e. The molecule has 1 aromatic rings. The fourth-order valence-corrected chi connectivity index (χ4v) is 3.82. The van der Waals surface area contributed by atoms with Crippen LogP contribution in [0, 0.1) is 17.8 Å². The highest BCUT2D eigenvalue weighted by Crippen LogP contribution is 2.48. The predicted octanol–water partition coefficient (Wildman–Crippen LogP) is 2.41. The molecule has 1 heterocycles. The Bertz CT molecular complexity index is 401. The number of nitrogens with two attached hydrogens (primary N) is 1. The van der Waals surface area contributed by atoms with E-state index in [1.165, 1.54) is 37.9 Å². The zero-order valence-electron chi connectivity index (χ0n) is 11.2. The van der Waals surface area contributed by atoms with Crippen LogP contribution in [0.1, 0.15) is 31.4 Å². The molecule has 18 heavy (non-hydrogen) atoms. The van der Waals surface area contributed by atoms with E-state index in [0.717, 1.165) is 23.4 Å². The summed E-state index contributed by atoms with van der Waals surface area (Å²) in [5, 5.41) is 0. The lowest BCUT2D eigenvalue weighted by Gasteiger charge is -2.28. The Morgan fingerprint density at radius 1 is 1.33 bits per heavy atom. The fraction of sp³-hybridized carbons (Fsp3) is 0.667. The quantitative estimate of drug-likeness (QED) is 0.885. The highest BCUT2D eigenvalue weighted by Gasteiger charge is 2.39. The number of fused-ring (bicyclic) bond motifs is 2. The van der Waals surface area contributed by atoms with Crippen LogP contribution in [0.25, 0.3) is 0 Å². The average molecular weight is 245 g/mol. The maximum absolute atomic E-state index is 5.57. The maximum atomic E-state index is 5.57. The van der Waals surface area contributed by atoms with E-state index >= 15 is 0 Å². The van der Waals surface area contributed by atoms with Crippen molar-refractivity contribution in [3.05, 3.63) is 24.0 Å². The van der Waals surface area contributed by atoms with Gasteiger partial charge < -0.3 is 10.6 Å². The van der Waals surface area contributed by atoms with Crippen LogP contribution >= 0.6 is 0 Å². The Labute approximate surface area is 109 Å². The molecule has 98 valence electrons. The molecule has 0 radical (unpaired) electrons. The van der Waals surface area contributed by atoms with Crippen LogP contribution in [0.3, 0.4) is 0 Å². The van der Waals surface area contributed by atoms with Gasteiger partial charge in [0.25, 0.3) is 0 Å². The van der Waals surface area contributed by atoms with Gasteiger partial charge in [0.15, 0.2) is 0 Å². The standard InChI is InChI=1S/C15H23N3/c1-18(15-5-4-14(8-16)17-9-15)10-13-7-11-2-3-12(13)6-11/h4-5,9,11-13H,2-3,6-8,10,16H2,1H3. The number of aromatic nitrogens is 1. The van der Waals surface area contributed by atoms with Gasteiger partial charge in [-0.25, -0.2) is 0 Å². The fourth-order valence-electron chi connectivity index (χ4n) is 3.82. The van der Waals surface area contributed by atoms with Crippen molar-refractivity contribution in [2.75, 3.05) is 18.5 Å². The third kappa shape index (κ3) is 2.24. The third-order valence-corrected chi connectivity index (χ3v) is 4.85. The second-order valence-corrected chi connectivity index (χ2v) is 6.03. The van der Waals surface area contributed by atoms with Crippen LogP contribution in [0.5, 0.6) is 0 Å². The molecule has 2 aliphatic rings. The summed E-state index contributed by atoms with van der Waals surface area (Å²) in [6, 6.07) is 4.18. The zero-order chi connectivity index (χ0) is 12.5. The third-order valence-electron chi connectivity index (χ3n) is 4.85. The van der Waals surface area contributed by atoms with Gasteiger partial charge in [-0.15, -0.1) is 0 Å². The molecule has 0 aliphatic heterocycles. The second-order valence-electron chi connectivity index (χ2n) is 6.03. The van der Waals surface area contributed by atoms with Gasteiger partial charge in [-0.1, -0.05) is 6.42 Å². The Balaban J connectivity index is 1.62. The van der Waals surface area contributed by atoms with E-state index in [4.69, 9.17) is 5.73 Å². The Morgan fingerprint density at radius 3 is 2.78 bits per heavy atom. The van der Waals surface area contributed by atoms with Crippen molar-refractivity contribution in [2.45, 2.75) is 32.2 Å². The van der Waals surface area contributed by atoms with Crippen molar-refractivity contribution in [3.63, 3.8) is 0 Å². The Kier molecular flexibility index (Phi) is 3.25. The van der Waals surface area contributed by atoms with Gasteiger partial charge in [-0.2, -0.15) is 0 Å². The first kappa shape index (κ1) is 12.0. The van der Waals surface area contributed by atoms with E-state index in [1.54, 1.807) is 0 Å². The summed E-state index contributed by atoms with van der Waals surface area (Å²) in [6.07, 6.45) is 7.84. The van der Waals surface area contributed by atoms with Gasteiger partial charge in [-0.05, 0) is 49.1 Å². The molecular weight excluding hydrogens is 222 g/mol. The van der Waals surface area contributed by atoms with Crippen LogP contribution < -0.4 is 10.6 Å². The number of nitrogens with zero attached hydrogens (tertiary/aromatic N) is 2. The van der Waals surface area contributed by atoms with Crippen molar-refractivity contribution in [1.29, 1.82) is 0 Å². The molecule has 3 unspecified atom stereocenters. The molecule has 3 heteroatoms. The molecular formula is C15H23N3. The monoisotopic (exact) mass is 245 g/mol. The maximum Gasteiger partial charge on any atom is 0.0550 e. The van der Waals surface area contributed by atoms with Gasteiger partial charge in [0.05, 0.1) is 17.6 Å². The van der Waals surface area contributed by atoms with Gasteiger partial charge in [0.1, 0.15) is 0 Å². The molecule has 1 aromatic heterocycles. The number of hydrogen-bond acceptors (Lipinski definition) is 3. The number of pyridine rings is 1. The van der Waals surface area contributed by atoms with E-state index in [9.17, 15) is 0 Å². The minimum Gasteiger partial charge on any atom is -0.373 e. The van der Waals surface area contributed by atoms with E-state index in [-0.39, 0.29) is 0 Å². The molecule has 0 saturated heterocycles. The summed E-state index contributed by atoms with van der Waals surface area (Å²) in [4.78, 5) is 6.73. The summed E-state index contributed by atoms with van der Waals surface area (Å²) in [6.45, 7) is 1.71. The summed E-state index contributed by atoms with van der Waals surface area (Å²) in [7, 11) is 2.19. The Hall–Kier alpha value is -1.09.